The van der Waals surface area contributed by atoms with Crippen LogP contribution in [0, 0.1) is 0 Å². The van der Waals surface area contributed by atoms with Gasteiger partial charge in [-0.3, -0.25) is 4.79 Å². The lowest BCUT2D eigenvalue weighted by Crippen LogP contribution is -2.43. The van der Waals surface area contributed by atoms with Crippen LogP contribution in [0.4, 0.5) is 18.9 Å². The van der Waals surface area contributed by atoms with Crippen molar-refractivity contribution in [1.29, 1.82) is 0 Å². The average Bonchev–Trinajstić information content (AvgIpc) is 2.77. The van der Waals surface area contributed by atoms with E-state index >= 15 is 0 Å². The summed E-state index contributed by atoms with van der Waals surface area (Å²) in [6, 6.07) is 12.4. The lowest BCUT2D eigenvalue weighted by molar-refractivity contribution is -0.122. The van der Waals surface area contributed by atoms with Crippen molar-refractivity contribution in [3.05, 3.63) is 65.2 Å². The summed E-state index contributed by atoms with van der Waals surface area (Å²) in [5, 5.41) is 0. The maximum Gasteiger partial charge on any atom is 0.491 e. The number of rotatable bonds is 2. The van der Waals surface area contributed by atoms with Gasteiger partial charge in [0.25, 0.3) is 5.91 Å². The van der Waals surface area contributed by atoms with Gasteiger partial charge in [0.2, 0.25) is 0 Å². The third kappa shape index (κ3) is 3.03. The number of nitrogens with zero attached hydrogens (tertiary/aromatic N) is 1. The van der Waals surface area contributed by atoms with Crippen molar-refractivity contribution in [3.8, 4) is 0 Å². The smallest absolute Gasteiger partial charge is 0.268 e. The Labute approximate surface area is 145 Å². The van der Waals surface area contributed by atoms with E-state index in [2.05, 4.69) is 0 Å². The number of carbonyl (C=O) groups is 1. The maximum atomic E-state index is 13.8. The van der Waals surface area contributed by atoms with E-state index in [-0.39, 0.29) is 27.5 Å². The Morgan fingerprint density at radius 2 is 1.72 bits per heavy atom. The van der Waals surface area contributed by atoms with Crippen LogP contribution in [-0.4, -0.2) is 12.2 Å². The first kappa shape index (κ1) is 17.5. The van der Waals surface area contributed by atoms with E-state index in [0.717, 1.165) is 12.0 Å². The van der Waals surface area contributed by atoms with Crippen molar-refractivity contribution in [3.63, 3.8) is 0 Å². The monoisotopic (exact) mass is 347 g/mol. The second kappa shape index (κ2) is 5.90. The van der Waals surface area contributed by atoms with Crippen molar-refractivity contribution >= 4 is 11.6 Å². The van der Waals surface area contributed by atoms with Crippen LogP contribution in [0.15, 0.2) is 48.5 Å². The number of carbonyl (C=O) groups excluding carboxylic acids is 1. The summed E-state index contributed by atoms with van der Waals surface area (Å²) in [7, 11) is 0. The number of alkyl halides is 3. The molecule has 1 amide bonds. The molecule has 0 radical (unpaired) electrons. The van der Waals surface area contributed by atoms with Gasteiger partial charge in [-0.25, -0.2) is 4.90 Å². The van der Waals surface area contributed by atoms with Gasteiger partial charge in [-0.05, 0) is 47.1 Å². The molecule has 0 saturated heterocycles. The van der Waals surface area contributed by atoms with Crippen LogP contribution in [0.3, 0.4) is 0 Å². The van der Waals surface area contributed by atoms with E-state index in [1.165, 1.54) is 18.2 Å². The molecule has 0 fully saturated rings. The summed E-state index contributed by atoms with van der Waals surface area (Å²) in [5.74, 6) is -1.10. The molecule has 1 aliphatic carbocycles. The highest BCUT2D eigenvalue weighted by Crippen LogP contribution is 2.50. The van der Waals surface area contributed by atoms with Gasteiger partial charge in [-0.1, -0.05) is 51.1 Å². The van der Waals surface area contributed by atoms with Gasteiger partial charge in [-0.15, -0.1) is 13.2 Å². The Kier molecular flexibility index (Phi) is 4.13. The molecule has 0 N–H and O–H groups in total. The summed E-state index contributed by atoms with van der Waals surface area (Å²) in [5.41, 5.74) is 1.25. The largest absolute Gasteiger partial charge is 0.491 e. The summed E-state index contributed by atoms with van der Waals surface area (Å²) in [6.45, 7) is 5.96. The molecule has 2 nitrogen and oxygen atoms in total. The average molecular weight is 347 g/mol. The minimum Gasteiger partial charge on any atom is -0.268 e. The van der Waals surface area contributed by atoms with Crippen LogP contribution in [-0.2, 0) is 5.41 Å². The minimum absolute atomic E-state index is 0.0148. The van der Waals surface area contributed by atoms with Crippen molar-refractivity contribution in [2.45, 2.75) is 44.8 Å². The van der Waals surface area contributed by atoms with Crippen LogP contribution >= 0.6 is 0 Å². The Balaban J connectivity index is 2.18. The fourth-order valence-corrected chi connectivity index (χ4v) is 3.90. The number of fused-ring (bicyclic) bond motifs is 1. The Hall–Kier alpha value is -2.30. The lowest BCUT2D eigenvalue weighted by Gasteiger charge is -2.28. The summed E-state index contributed by atoms with van der Waals surface area (Å²) < 4.78 is 41.5. The second-order valence-corrected chi connectivity index (χ2v) is 7.20. The van der Waals surface area contributed by atoms with Gasteiger partial charge in [0.1, 0.15) is 0 Å². The van der Waals surface area contributed by atoms with E-state index < -0.39 is 12.2 Å². The van der Waals surface area contributed by atoms with Crippen LogP contribution in [0.1, 0.15) is 54.6 Å². The maximum absolute atomic E-state index is 13.8. The lowest BCUT2D eigenvalue weighted by atomic mass is 9.86. The standard InChI is InChI=1S/C20H20F3NO/c1-13-12-19(2,3)15-10-7-11-16(17(13)15)24(20(21,22)23)18(25)14-8-5-4-6-9-14/h4-11,13H,12H2,1-3H3. The second-order valence-electron chi connectivity index (χ2n) is 7.20. The van der Waals surface area contributed by atoms with Crippen LogP contribution in [0.2, 0.25) is 0 Å². The van der Waals surface area contributed by atoms with Crippen molar-refractivity contribution in [2.24, 2.45) is 0 Å². The van der Waals surface area contributed by atoms with Crippen molar-refractivity contribution < 1.29 is 18.0 Å². The zero-order valence-corrected chi connectivity index (χ0v) is 14.4. The van der Waals surface area contributed by atoms with Crippen molar-refractivity contribution in [1.82, 2.24) is 0 Å². The molecular formula is C20H20F3NO. The molecule has 0 aliphatic heterocycles. The van der Waals surface area contributed by atoms with E-state index in [9.17, 15) is 18.0 Å². The molecule has 1 unspecified atom stereocenters. The third-order valence-corrected chi connectivity index (χ3v) is 4.84. The molecule has 0 bridgehead atoms. The van der Waals surface area contributed by atoms with Gasteiger partial charge in [0, 0.05) is 5.56 Å². The SMILES string of the molecule is CC1CC(C)(C)c2cccc(N(C(=O)c3ccccc3)C(F)(F)F)c21. The summed E-state index contributed by atoms with van der Waals surface area (Å²) in [6.07, 6.45) is -4.04. The number of hydrogen-bond acceptors (Lipinski definition) is 1. The van der Waals surface area contributed by atoms with Gasteiger partial charge < -0.3 is 0 Å². The van der Waals surface area contributed by atoms with Gasteiger partial charge >= 0.3 is 6.30 Å². The number of amides is 1. The highest BCUT2D eigenvalue weighted by molar-refractivity contribution is 6.07. The minimum atomic E-state index is -4.80. The van der Waals surface area contributed by atoms with Crippen molar-refractivity contribution in [2.75, 3.05) is 4.90 Å². The fraction of sp³-hybridized carbons (Fsp3) is 0.350. The summed E-state index contributed by atoms with van der Waals surface area (Å²) in [4.78, 5) is 12.7. The van der Waals surface area contributed by atoms with Gasteiger partial charge in [-0.2, -0.15) is 0 Å². The fourth-order valence-electron chi connectivity index (χ4n) is 3.90. The quantitative estimate of drug-likeness (QED) is 0.644. The number of halogens is 3. The molecule has 5 heteroatoms. The molecule has 3 rings (SSSR count). The highest BCUT2D eigenvalue weighted by Gasteiger charge is 2.46. The van der Waals surface area contributed by atoms with E-state index in [1.54, 1.807) is 24.3 Å². The summed E-state index contributed by atoms with van der Waals surface area (Å²) >= 11 is 0. The molecule has 0 spiro atoms. The normalized spacial score (nSPS) is 18.7. The first-order valence-corrected chi connectivity index (χ1v) is 8.22. The zero-order valence-electron chi connectivity index (χ0n) is 14.4. The number of benzene rings is 2. The highest BCUT2D eigenvalue weighted by atomic mass is 19.4. The Bertz CT molecular complexity index is 796. The Morgan fingerprint density at radius 3 is 2.32 bits per heavy atom. The first-order valence-electron chi connectivity index (χ1n) is 8.22. The molecule has 132 valence electrons. The Morgan fingerprint density at radius 1 is 1.08 bits per heavy atom. The molecule has 0 saturated carbocycles. The van der Waals surface area contributed by atoms with Crippen LogP contribution < -0.4 is 4.90 Å². The van der Waals surface area contributed by atoms with E-state index in [4.69, 9.17) is 0 Å². The van der Waals surface area contributed by atoms with E-state index in [1.807, 2.05) is 26.8 Å². The molecule has 1 atom stereocenters. The molecular weight excluding hydrogens is 327 g/mol. The number of hydrogen-bond donors (Lipinski definition) is 0. The molecule has 2 aromatic carbocycles. The molecule has 0 aromatic heterocycles. The molecule has 1 aliphatic rings. The first-order chi connectivity index (χ1) is 11.6. The third-order valence-electron chi connectivity index (χ3n) is 4.84. The molecule has 0 heterocycles. The predicted octanol–water partition coefficient (Wildman–Crippen LogP) is 5.64. The van der Waals surface area contributed by atoms with Gasteiger partial charge in [0.05, 0.1) is 5.69 Å². The number of anilines is 1. The molecule has 2 aromatic rings. The van der Waals surface area contributed by atoms with Gasteiger partial charge in [0.15, 0.2) is 0 Å². The van der Waals surface area contributed by atoms with Crippen LogP contribution in [0.5, 0.6) is 0 Å². The zero-order chi connectivity index (χ0) is 18.4. The topological polar surface area (TPSA) is 20.3 Å². The molecule has 25 heavy (non-hydrogen) atoms. The predicted molar refractivity (Wildman–Crippen MR) is 91.8 cm³/mol. The van der Waals surface area contributed by atoms with Crippen LogP contribution in [0.25, 0.3) is 0 Å². The van der Waals surface area contributed by atoms with E-state index in [0.29, 0.717) is 5.56 Å².